The van der Waals surface area contributed by atoms with Crippen molar-refractivity contribution in [3.8, 4) is 0 Å². The molecule has 0 aliphatic rings. The molecule has 8 N–H and O–H groups in total. The van der Waals surface area contributed by atoms with Crippen LogP contribution in [0.15, 0.2) is 0 Å². The van der Waals surface area contributed by atoms with Crippen molar-refractivity contribution in [1.82, 2.24) is 16.0 Å². The van der Waals surface area contributed by atoms with Gasteiger partial charge in [-0.05, 0) is 12.8 Å². The van der Waals surface area contributed by atoms with E-state index < -0.39 is 72.8 Å². The summed E-state index contributed by atoms with van der Waals surface area (Å²) in [6.45, 7) is 3.76. The second-order valence-corrected chi connectivity index (χ2v) is 6.27. The van der Waals surface area contributed by atoms with E-state index in [1.807, 2.05) is 0 Å². The quantitative estimate of drug-likeness (QED) is 0.191. The number of amides is 3. The average Bonchev–Trinajstić information content (AvgIpc) is 2.54. The molecule has 4 unspecified atom stereocenters. The molecule has 27 heavy (non-hydrogen) atoms. The van der Waals surface area contributed by atoms with Crippen LogP contribution in [-0.2, 0) is 24.0 Å². The maximum atomic E-state index is 12.4. The van der Waals surface area contributed by atoms with Crippen LogP contribution in [-0.4, -0.2) is 75.8 Å². The molecule has 3 amide bonds. The molecule has 0 aromatic carbocycles. The number of nitrogens with two attached hydrogens (primary N) is 1. The first kappa shape index (κ1) is 24.3. The minimum atomic E-state index is -1.55. The van der Waals surface area contributed by atoms with Crippen LogP contribution in [0.2, 0.25) is 0 Å². The van der Waals surface area contributed by atoms with E-state index in [0.717, 1.165) is 0 Å². The minimum absolute atomic E-state index is 0.455. The summed E-state index contributed by atoms with van der Waals surface area (Å²) in [5.41, 5.74) is 5.44. The van der Waals surface area contributed by atoms with Gasteiger partial charge in [0.15, 0.2) is 0 Å². The number of carbonyl (C=O) groups excluding carboxylic acids is 3. The van der Waals surface area contributed by atoms with Crippen molar-refractivity contribution in [2.45, 2.75) is 51.4 Å². The lowest BCUT2D eigenvalue weighted by molar-refractivity contribution is -0.142. The summed E-state index contributed by atoms with van der Waals surface area (Å²) in [5.74, 6) is -5.81. The Bertz CT molecular complexity index is 578. The van der Waals surface area contributed by atoms with Crippen molar-refractivity contribution in [3.63, 3.8) is 0 Å². The molecule has 0 rings (SSSR count). The van der Waals surface area contributed by atoms with Crippen LogP contribution >= 0.6 is 0 Å². The van der Waals surface area contributed by atoms with Crippen LogP contribution in [0.5, 0.6) is 0 Å². The molecule has 154 valence electrons. The summed E-state index contributed by atoms with van der Waals surface area (Å²) in [7, 11) is 0. The molecule has 0 aliphatic carbocycles. The number of hydrogen-bond acceptors (Lipinski definition) is 7. The van der Waals surface area contributed by atoms with Crippen molar-refractivity contribution >= 4 is 29.7 Å². The summed E-state index contributed by atoms with van der Waals surface area (Å²) in [6.07, 6.45) is -2.02. The Kier molecular flexibility index (Phi) is 9.96. The van der Waals surface area contributed by atoms with E-state index >= 15 is 0 Å². The van der Waals surface area contributed by atoms with Gasteiger partial charge in [-0.15, -0.1) is 0 Å². The number of carboxylic acids is 2. The smallest absolute Gasteiger partial charge is 0.322 e. The summed E-state index contributed by atoms with van der Waals surface area (Å²) in [5, 5.41) is 33.4. The molecule has 0 aromatic rings. The molecule has 0 radical (unpaired) electrons. The third kappa shape index (κ3) is 8.96. The van der Waals surface area contributed by atoms with E-state index in [-0.39, 0.29) is 0 Å². The largest absolute Gasteiger partial charge is 0.481 e. The van der Waals surface area contributed by atoms with E-state index in [9.17, 15) is 29.1 Å². The lowest BCUT2D eigenvalue weighted by Gasteiger charge is -2.25. The van der Waals surface area contributed by atoms with Crippen molar-refractivity contribution in [3.05, 3.63) is 0 Å². The maximum absolute atomic E-state index is 12.4. The zero-order chi connectivity index (χ0) is 21.3. The fraction of sp³-hybridized carbons (Fsp3) is 0.667. The predicted octanol–water partition coefficient (Wildman–Crippen LogP) is -3.00. The molecule has 12 heteroatoms. The lowest BCUT2D eigenvalue weighted by atomic mass is 10.0. The van der Waals surface area contributed by atoms with Crippen LogP contribution in [0.4, 0.5) is 0 Å². The van der Waals surface area contributed by atoms with Gasteiger partial charge < -0.3 is 37.0 Å². The van der Waals surface area contributed by atoms with Gasteiger partial charge in [0, 0.05) is 0 Å². The molecule has 0 heterocycles. The van der Waals surface area contributed by atoms with Gasteiger partial charge in [-0.25, -0.2) is 0 Å². The molecule has 0 fully saturated rings. The third-order valence-electron chi connectivity index (χ3n) is 3.49. The molecule has 0 bridgehead atoms. The van der Waals surface area contributed by atoms with Gasteiger partial charge in [0.25, 0.3) is 0 Å². The van der Waals surface area contributed by atoms with Crippen LogP contribution in [0.3, 0.4) is 0 Å². The predicted molar refractivity (Wildman–Crippen MR) is 91.3 cm³/mol. The fourth-order valence-electron chi connectivity index (χ4n) is 1.93. The van der Waals surface area contributed by atoms with Crippen LogP contribution < -0.4 is 21.7 Å². The van der Waals surface area contributed by atoms with Crippen LogP contribution in [0, 0.1) is 5.92 Å². The van der Waals surface area contributed by atoms with Gasteiger partial charge in [0.1, 0.15) is 24.7 Å². The number of aliphatic carboxylic acids is 2. The van der Waals surface area contributed by atoms with Gasteiger partial charge in [-0.3, -0.25) is 24.0 Å². The SMILES string of the molecule is CC(C)C(NC(=O)C(CC(=O)O)NC(=O)C(N)C(C)O)C(=O)NCC(=O)O. The zero-order valence-corrected chi connectivity index (χ0v) is 15.3. The highest BCUT2D eigenvalue weighted by molar-refractivity contribution is 5.95. The molecule has 0 saturated carbocycles. The van der Waals surface area contributed by atoms with E-state index in [4.69, 9.17) is 15.9 Å². The van der Waals surface area contributed by atoms with Gasteiger partial charge in [-0.2, -0.15) is 0 Å². The molecule has 4 atom stereocenters. The summed E-state index contributed by atoms with van der Waals surface area (Å²) in [4.78, 5) is 57.8. The van der Waals surface area contributed by atoms with E-state index in [1.165, 1.54) is 6.92 Å². The Hall–Kier alpha value is -2.73. The number of aliphatic hydroxyl groups is 1. The number of hydrogen-bond donors (Lipinski definition) is 7. The number of carbonyl (C=O) groups is 5. The zero-order valence-electron chi connectivity index (χ0n) is 15.3. The van der Waals surface area contributed by atoms with Gasteiger partial charge in [0.05, 0.1) is 12.5 Å². The number of nitrogens with one attached hydrogen (secondary N) is 3. The fourth-order valence-corrected chi connectivity index (χ4v) is 1.93. The van der Waals surface area contributed by atoms with Gasteiger partial charge in [0.2, 0.25) is 17.7 Å². The van der Waals surface area contributed by atoms with Gasteiger partial charge in [-0.1, -0.05) is 13.8 Å². The molecule has 0 spiro atoms. The Balaban J connectivity index is 5.22. The van der Waals surface area contributed by atoms with E-state index in [1.54, 1.807) is 13.8 Å². The topological polar surface area (TPSA) is 208 Å². The number of aliphatic hydroxyl groups excluding tert-OH is 1. The molecule has 0 saturated heterocycles. The minimum Gasteiger partial charge on any atom is -0.481 e. The first-order valence-corrected chi connectivity index (χ1v) is 8.12. The maximum Gasteiger partial charge on any atom is 0.322 e. The molecule has 12 nitrogen and oxygen atoms in total. The second-order valence-electron chi connectivity index (χ2n) is 6.27. The summed E-state index contributed by atoms with van der Waals surface area (Å²) < 4.78 is 0. The Morgan fingerprint density at radius 2 is 1.44 bits per heavy atom. The van der Waals surface area contributed by atoms with Crippen LogP contribution in [0.25, 0.3) is 0 Å². The van der Waals surface area contributed by atoms with Crippen molar-refractivity contribution in [2.75, 3.05) is 6.54 Å². The number of rotatable bonds is 11. The van der Waals surface area contributed by atoms with E-state index in [2.05, 4.69) is 16.0 Å². The Labute approximate surface area is 155 Å². The highest BCUT2D eigenvalue weighted by atomic mass is 16.4. The molecular formula is C15H26N4O8. The summed E-state index contributed by atoms with van der Waals surface area (Å²) in [6, 6.07) is -4.09. The van der Waals surface area contributed by atoms with Crippen LogP contribution in [0.1, 0.15) is 27.2 Å². The Morgan fingerprint density at radius 3 is 1.85 bits per heavy atom. The molecular weight excluding hydrogens is 364 g/mol. The first-order chi connectivity index (χ1) is 12.4. The van der Waals surface area contributed by atoms with E-state index in [0.29, 0.717) is 0 Å². The average molecular weight is 390 g/mol. The number of carboxylic acid groups (broad SMARTS) is 2. The van der Waals surface area contributed by atoms with Gasteiger partial charge >= 0.3 is 11.9 Å². The first-order valence-electron chi connectivity index (χ1n) is 8.12. The highest BCUT2D eigenvalue weighted by Crippen LogP contribution is 2.04. The molecule has 0 aromatic heterocycles. The highest BCUT2D eigenvalue weighted by Gasteiger charge is 2.31. The third-order valence-corrected chi connectivity index (χ3v) is 3.49. The van der Waals surface area contributed by atoms with Crippen molar-refractivity contribution in [1.29, 1.82) is 0 Å². The van der Waals surface area contributed by atoms with Crippen molar-refractivity contribution in [2.24, 2.45) is 11.7 Å². The molecule has 0 aliphatic heterocycles. The Morgan fingerprint density at radius 1 is 0.889 bits per heavy atom. The van der Waals surface area contributed by atoms with Crippen molar-refractivity contribution < 1.29 is 39.3 Å². The normalized spacial score (nSPS) is 15.2. The standard InChI is InChI=1S/C15H26N4O8/c1-6(2)12(15(27)17-5-10(23)24)19-13(25)8(4-9(21)22)18-14(26)11(16)7(3)20/h6-8,11-12,20H,4-5,16H2,1-3H3,(H,17,27)(H,18,26)(H,19,25)(H,21,22)(H,23,24). The monoisotopic (exact) mass is 390 g/mol. The summed E-state index contributed by atoms with van der Waals surface area (Å²) >= 11 is 0. The lowest BCUT2D eigenvalue weighted by Crippen LogP contribution is -2.58. The second kappa shape index (κ2) is 11.1.